The Morgan fingerprint density at radius 3 is 2.94 bits per heavy atom. The molecule has 2 aromatic rings. The van der Waals surface area contributed by atoms with E-state index in [1.165, 1.54) is 0 Å². The Kier molecular flexibility index (Phi) is 3.67. The first-order chi connectivity index (χ1) is 8.60. The van der Waals surface area contributed by atoms with Crippen LogP contribution in [0.3, 0.4) is 0 Å². The number of furan rings is 1. The average Bonchev–Trinajstić information content (AvgIpc) is 2.78. The topological polar surface area (TPSA) is 54.6 Å². The molecule has 0 aliphatic carbocycles. The van der Waals surface area contributed by atoms with Gasteiger partial charge in [0.05, 0.1) is 0 Å². The number of nitrogens with one attached hydrogen (secondary N) is 1. The number of carbonyl (C=O) groups excluding carboxylic acids is 1. The van der Waals surface area contributed by atoms with Crippen LogP contribution in [0.4, 0.5) is 0 Å². The van der Waals surface area contributed by atoms with Crippen LogP contribution in [0.25, 0.3) is 11.0 Å². The third-order valence-electron chi connectivity index (χ3n) is 2.50. The largest absolute Gasteiger partial charge is 0.455 e. The van der Waals surface area contributed by atoms with Gasteiger partial charge in [-0.25, -0.2) is 5.43 Å². The molecular formula is C13H13ClN2O2. The van der Waals surface area contributed by atoms with Gasteiger partial charge in [-0.1, -0.05) is 18.5 Å². The van der Waals surface area contributed by atoms with Crippen LogP contribution in [0.2, 0.25) is 5.02 Å². The smallest absolute Gasteiger partial charge is 0.239 e. The second-order valence-electron chi connectivity index (χ2n) is 3.88. The Hall–Kier alpha value is -1.81. The molecule has 5 heteroatoms. The zero-order valence-corrected chi connectivity index (χ0v) is 10.9. The quantitative estimate of drug-likeness (QED) is 0.683. The maximum Gasteiger partial charge on any atom is 0.239 e. The van der Waals surface area contributed by atoms with Gasteiger partial charge in [-0.3, -0.25) is 4.79 Å². The number of carbonyl (C=O) groups is 1. The van der Waals surface area contributed by atoms with Crippen LogP contribution in [-0.4, -0.2) is 11.6 Å². The summed E-state index contributed by atoms with van der Waals surface area (Å²) in [4.78, 5) is 11.1. The molecule has 0 aliphatic rings. The fraction of sp³-hybridized carbons (Fsp3) is 0.231. The molecule has 4 nitrogen and oxygen atoms in total. The molecule has 0 aliphatic heterocycles. The lowest BCUT2D eigenvalue weighted by Crippen LogP contribution is -2.17. The summed E-state index contributed by atoms with van der Waals surface area (Å²) in [5, 5.41) is 5.54. The molecule has 0 saturated heterocycles. The number of hydrazone groups is 1. The molecule has 0 spiro atoms. The van der Waals surface area contributed by atoms with Crippen molar-refractivity contribution in [1.82, 2.24) is 5.43 Å². The third-order valence-corrected chi connectivity index (χ3v) is 2.74. The fourth-order valence-corrected chi connectivity index (χ4v) is 1.65. The van der Waals surface area contributed by atoms with Crippen molar-refractivity contribution in [2.75, 3.05) is 0 Å². The summed E-state index contributed by atoms with van der Waals surface area (Å²) in [6.07, 6.45) is 0.395. The Balaban J connectivity index is 2.28. The van der Waals surface area contributed by atoms with Gasteiger partial charge in [0.25, 0.3) is 0 Å². The lowest BCUT2D eigenvalue weighted by Gasteiger charge is -1.97. The number of hydrogen-bond donors (Lipinski definition) is 1. The minimum absolute atomic E-state index is 0.131. The highest BCUT2D eigenvalue weighted by Crippen LogP contribution is 2.23. The van der Waals surface area contributed by atoms with Crippen molar-refractivity contribution in [1.29, 1.82) is 0 Å². The van der Waals surface area contributed by atoms with Gasteiger partial charge in [-0.2, -0.15) is 5.10 Å². The van der Waals surface area contributed by atoms with E-state index in [9.17, 15) is 4.79 Å². The molecule has 0 unspecified atom stereocenters. The summed E-state index contributed by atoms with van der Waals surface area (Å²) in [5.74, 6) is 0.483. The van der Waals surface area contributed by atoms with Gasteiger partial charge >= 0.3 is 0 Å². The van der Waals surface area contributed by atoms with Crippen LogP contribution in [0, 0.1) is 0 Å². The van der Waals surface area contributed by atoms with Gasteiger partial charge in [0, 0.05) is 16.8 Å². The maximum absolute atomic E-state index is 11.1. The van der Waals surface area contributed by atoms with Crippen molar-refractivity contribution in [3.05, 3.63) is 35.0 Å². The van der Waals surface area contributed by atoms with E-state index in [2.05, 4.69) is 10.5 Å². The number of hydrogen-bond acceptors (Lipinski definition) is 3. The average molecular weight is 265 g/mol. The molecule has 1 aromatic heterocycles. The summed E-state index contributed by atoms with van der Waals surface area (Å²) in [6.45, 7) is 3.54. The molecule has 1 amide bonds. The monoisotopic (exact) mass is 264 g/mol. The van der Waals surface area contributed by atoms with Gasteiger partial charge in [0.2, 0.25) is 5.91 Å². The van der Waals surface area contributed by atoms with E-state index < -0.39 is 0 Å². The van der Waals surface area contributed by atoms with Crippen molar-refractivity contribution >= 4 is 34.2 Å². The van der Waals surface area contributed by atoms with Crippen molar-refractivity contribution < 1.29 is 9.21 Å². The van der Waals surface area contributed by atoms with Crippen molar-refractivity contribution in [3.8, 4) is 0 Å². The summed E-state index contributed by atoms with van der Waals surface area (Å²) in [6, 6.07) is 7.24. The number of benzene rings is 1. The highest BCUT2D eigenvalue weighted by Gasteiger charge is 2.07. The maximum atomic E-state index is 11.1. The van der Waals surface area contributed by atoms with Crippen LogP contribution >= 0.6 is 11.6 Å². The Morgan fingerprint density at radius 2 is 2.22 bits per heavy atom. The summed E-state index contributed by atoms with van der Waals surface area (Å²) < 4.78 is 5.61. The molecular weight excluding hydrogens is 252 g/mol. The molecule has 94 valence electrons. The molecule has 18 heavy (non-hydrogen) atoms. The Labute approximate surface area is 110 Å². The first-order valence-corrected chi connectivity index (χ1v) is 6.00. The van der Waals surface area contributed by atoms with Crippen LogP contribution in [0.15, 0.2) is 33.8 Å². The zero-order chi connectivity index (χ0) is 13.1. The first kappa shape index (κ1) is 12.6. The second-order valence-corrected chi connectivity index (χ2v) is 4.31. The van der Waals surface area contributed by atoms with Crippen molar-refractivity contribution in [2.24, 2.45) is 5.10 Å². The number of amides is 1. The van der Waals surface area contributed by atoms with Gasteiger partial charge in [-0.15, -0.1) is 0 Å². The normalized spacial score (nSPS) is 11.8. The van der Waals surface area contributed by atoms with Crippen LogP contribution in [-0.2, 0) is 4.79 Å². The molecule has 0 radical (unpaired) electrons. The van der Waals surface area contributed by atoms with Crippen LogP contribution in [0.5, 0.6) is 0 Å². The van der Waals surface area contributed by atoms with Gasteiger partial charge in [0.1, 0.15) is 11.3 Å². The van der Waals surface area contributed by atoms with Crippen LogP contribution in [0.1, 0.15) is 26.0 Å². The predicted molar refractivity (Wildman–Crippen MR) is 71.9 cm³/mol. The predicted octanol–water partition coefficient (Wildman–Crippen LogP) is 3.34. The van der Waals surface area contributed by atoms with E-state index in [1.807, 2.05) is 12.1 Å². The number of nitrogens with zero attached hydrogens (tertiary/aromatic N) is 1. The molecule has 0 atom stereocenters. The van der Waals surface area contributed by atoms with E-state index in [4.69, 9.17) is 16.0 Å². The van der Waals surface area contributed by atoms with Gasteiger partial charge < -0.3 is 4.42 Å². The zero-order valence-electron chi connectivity index (χ0n) is 10.2. The molecule has 0 bridgehead atoms. The molecule has 0 saturated carbocycles. The lowest BCUT2D eigenvalue weighted by atomic mass is 10.2. The molecule has 1 heterocycles. The Bertz CT molecular complexity index is 616. The van der Waals surface area contributed by atoms with E-state index in [1.54, 1.807) is 26.0 Å². The van der Waals surface area contributed by atoms with E-state index in [0.29, 0.717) is 22.9 Å². The SMILES string of the molecule is CCC(=O)N/N=C(\C)c1cc2cc(Cl)ccc2o1. The highest BCUT2D eigenvalue weighted by molar-refractivity contribution is 6.31. The van der Waals surface area contributed by atoms with Gasteiger partial charge in [-0.05, 0) is 31.2 Å². The lowest BCUT2D eigenvalue weighted by molar-refractivity contribution is -0.120. The van der Waals surface area contributed by atoms with Gasteiger partial charge in [0.15, 0.2) is 5.76 Å². The summed E-state index contributed by atoms with van der Waals surface area (Å²) in [7, 11) is 0. The van der Waals surface area contributed by atoms with E-state index in [0.717, 1.165) is 11.0 Å². The first-order valence-electron chi connectivity index (χ1n) is 5.62. The minimum Gasteiger partial charge on any atom is -0.455 e. The molecule has 1 aromatic carbocycles. The molecule has 2 rings (SSSR count). The van der Waals surface area contributed by atoms with Crippen LogP contribution < -0.4 is 5.43 Å². The number of halogens is 1. The summed E-state index contributed by atoms with van der Waals surface area (Å²) in [5.41, 5.74) is 3.81. The highest BCUT2D eigenvalue weighted by atomic mass is 35.5. The summed E-state index contributed by atoms with van der Waals surface area (Å²) >= 11 is 5.90. The Morgan fingerprint density at radius 1 is 1.44 bits per heavy atom. The minimum atomic E-state index is -0.131. The van der Waals surface area contributed by atoms with Crippen molar-refractivity contribution in [2.45, 2.75) is 20.3 Å². The number of fused-ring (bicyclic) bond motifs is 1. The third kappa shape index (κ3) is 2.71. The van der Waals surface area contributed by atoms with E-state index in [-0.39, 0.29) is 5.91 Å². The number of rotatable bonds is 3. The second kappa shape index (κ2) is 5.23. The standard InChI is InChI=1S/C13H13ClN2O2/c1-3-13(17)16-15-8(2)12-7-9-6-10(14)4-5-11(9)18-12/h4-7H,3H2,1-2H3,(H,16,17)/b15-8+. The fourth-order valence-electron chi connectivity index (χ4n) is 1.47. The molecule has 1 N–H and O–H groups in total. The molecule has 0 fully saturated rings. The van der Waals surface area contributed by atoms with Crippen molar-refractivity contribution in [3.63, 3.8) is 0 Å². The van der Waals surface area contributed by atoms with E-state index >= 15 is 0 Å².